The Labute approximate surface area is 141 Å². The van der Waals surface area contributed by atoms with Crippen LogP contribution in [0.5, 0.6) is 5.75 Å². The summed E-state index contributed by atoms with van der Waals surface area (Å²) in [5.41, 5.74) is 9.47. The number of hydrogen-bond donors (Lipinski definition) is 3. The van der Waals surface area contributed by atoms with Crippen molar-refractivity contribution in [3.63, 3.8) is 0 Å². The minimum Gasteiger partial charge on any atom is -0.506 e. The largest absolute Gasteiger partial charge is 0.506 e. The number of aromatic hydroxyl groups is 1. The van der Waals surface area contributed by atoms with E-state index in [1.54, 1.807) is 6.07 Å². The number of nitrogens with two attached hydrogens (primary N) is 1. The molecular formula is C17H20Cl2N2O. The molecule has 0 atom stereocenters. The molecular weight excluding hydrogens is 319 g/mol. The number of aryl methyl sites for hydroxylation is 1. The molecule has 2 aromatic rings. The maximum atomic E-state index is 10.0. The summed E-state index contributed by atoms with van der Waals surface area (Å²) in [4.78, 5) is 0. The Balaban J connectivity index is 2.18. The summed E-state index contributed by atoms with van der Waals surface area (Å²) in [6, 6.07) is 9.05. The highest BCUT2D eigenvalue weighted by atomic mass is 35.5. The molecule has 0 aromatic heterocycles. The maximum Gasteiger partial charge on any atom is 0.139 e. The normalized spacial score (nSPS) is 10.7. The molecule has 2 rings (SSSR count). The Bertz CT molecular complexity index is 659. The molecule has 0 saturated heterocycles. The standard InChI is InChI=1S/C17H20Cl2N2O/c1-2-3-4-11-8-14(20)5-6-16(11)21-10-12-7-13(18)9-15(19)17(12)22/h5-9,21-22H,2-4,10,20H2,1H3. The molecule has 0 bridgehead atoms. The number of hydrogen-bond acceptors (Lipinski definition) is 3. The van der Waals surface area contributed by atoms with Crippen LogP contribution in [0.2, 0.25) is 10.0 Å². The average molecular weight is 339 g/mol. The lowest BCUT2D eigenvalue weighted by atomic mass is 10.0. The number of nitrogen functional groups attached to an aromatic ring is 1. The zero-order valence-electron chi connectivity index (χ0n) is 12.5. The van der Waals surface area contributed by atoms with E-state index in [0.717, 1.165) is 30.6 Å². The van der Waals surface area contributed by atoms with Gasteiger partial charge >= 0.3 is 0 Å². The summed E-state index contributed by atoms with van der Waals surface area (Å²) in [6.45, 7) is 2.60. The Morgan fingerprint density at radius 2 is 1.91 bits per heavy atom. The number of unbranched alkanes of at least 4 members (excludes halogenated alkanes) is 1. The molecule has 22 heavy (non-hydrogen) atoms. The highest BCUT2D eigenvalue weighted by Crippen LogP contribution is 2.32. The highest BCUT2D eigenvalue weighted by molar-refractivity contribution is 6.35. The second kappa shape index (κ2) is 7.61. The van der Waals surface area contributed by atoms with Crippen molar-refractivity contribution in [3.05, 3.63) is 51.5 Å². The molecule has 0 aliphatic rings. The van der Waals surface area contributed by atoms with Gasteiger partial charge in [-0.05, 0) is 48.7 Å². The fourth-order valence-corrected chi connectivity index (χ4v) is 2.84. The first-order valence-corrected chi connectivity index (χ1v) is 8.06. The van der Waals surface area contributed by atoms with Crippen molar-refractivity contribution in [2.75, 3.05) is 11.1 Å². The number of nitrogens with one attached hydrogen (secondary N) is 1. The van der Waals surface area contributed by atoms with Gasteiger partial charge in [-0.1, -0.05) is 36.5 Å². The van der Waals surface area contributed by atoms with Gasteiger partial charge in [-0.15, -0.1) is 0 Å². The van der Waals surface area contributed by atoms with Gasteiger partial charge in [0.25, 0.3) is 0 Å². The summed E-state index contributed by atoms with van der Waals surface area (Å²) in [5.74, 6) is 0.0594. The van der Waals surface area contributed by atoms with E-state index in [0.29, 0.717) is 17.1 Å². The zero-order chi connectivity index (χ0) is 16.1. The molecule has 0 spiro atoms. The second-order valence-corrected chi connectivity index (χ2v) is 6.11. The minimum absolute atomic E-state index is 0.0594. The molecule has 2 aromatic carbocycles. The average Bonchev–Trinajstić information content (AvgIpc) is 2.48. The minimum atomic E-state index is 0.0594. The maximum absolute atomic E-state index is 10.0. The zero-order valence-corrected chi connectivity index (χ0v) is 14.0. The molecule has 0 aliphatic carbocycles. The van der Waals surface area contributed by atoms with Crippen LogP contribution in [0.15, 0.2) is 30.3 Å². The van der Waals surface area contributed by atoms with Gasteiger partial charge in [0, 0.05) is 28.5 Å². The predicted molar refractivity (Wildman–Crippen MR) is 94.9 cm³/mol. The Kier molecular flexibility index (Phi) is 5.81. The Hall–Kier alpha value is -1.58. The van der Waals surface area contributed by atoms with Crippen molar-refractivity contribution >= 4 is 34.6 Å². The monoisotopic (exact) mass is 338 g/mol. The predicted octanol–water partition coefficient (Wildman–Crippen LogP) is 5.24. The summed E-state index contributed by atoms with van der Waals surface area (Å²) in [7, 11) is 0. The van der Waals surface area contributed by atoms with Crippen LogP contribution >= 0.6 is 23.2 Å². The molecule has 4 N–H and O–H groups in total. The molecule has 0 saturated carbocycles. The van der Waals surface area contributed by atoms with Crippen LogP contribution in [-0.4, -0.2) is 5.11 Å². The second-order valence-electron chi connectivity index (χ2n) is 5.27. The van der Waals surface area contributed by atoms with Crippen molar-refractivity contribution in [2.45, 2.75) is 32.7 Å². The summed E-state index contributed by atoms with van der Waals surface area (Å²) in [6.07, 6.45) is 3.19. The van der Waals surface area contributed by atoms with Gasteiger partial charge in [-0.2, -0.15) is 0 Å². The number of anilines is 2. The van der Waals surface area contributed by atoms with Gasteiger partial charge in [0.15, 0.2) is 0 Å². The highest BCUT2D eigenvalue weighted by Gasteiger charge is 2.09. The van der Waals surface area contributed by atoms with Crippen molar-refractivity contribution in [3.8, 4) is 5.75 Å². The van der Waals surface area contributed by atoms with Crippen LogP contribution in [-0.2, 0) is 13.0 Å². The van der Waals surface area contributed by atoms with Gasteiger partial charge in [0.2, 0.25) is 0 Å². The van der Waals surface area contributed by atoms with E-state index >= 15 is 0 Å². The molecule has 0 fully saturated rings. The van der Waals surface area contributed by atoms with Gasteiger partial charge in [-0.3, -0.25) is 0 Å². The van der Waals surface area contributed by atoms with Crippen LogP contribution in [0.3, 0.4) is 0 Å². The molecule has 0 heterocycles. The lowest BCUT2D eigenvalue weighted by Gasteiger charge is -2.14. The topological polar surface area (TPSA) is 58.3 Å². The summed E-state index contributed by atoms with van der Waals surface area (Å²) >= 11 is 11.9. The van der Waals surface area contributed by atoms with Gasteiger partial charge < -0.3 is 16.2 Å². The van der Waals surface area contributed by atoms with Crippen LogP contribution in [0.1, 0.15) is 30.9 Å². The molecule has 5 heteroatoms. The number of rotatable bonds is 6. The molecule has 0 unspecified atom stereocenters. The Morgan fingerprint density at radius 3 is 2.64 bits per heavy atom. The van der Waals surface area contributed by atoms with Crippen molar-refractivity contribution in [1.82, 2.24) is 0 Å². The van der Waals surface area contributed by atoms with Gasteiger partial charge in [0.1, 0.15) is 5.75 Å². The Morgan fingerprint density at radius 1 is 1.14 bits per heavy atom. The quantitative estimate of drug-likeness (QED) is 0.631. The number of benzene rings is 2. The van der Waals surface area contributed by atoms with Gasteiger partial charge in [0.05, 0.1) is 5.02 Å². The number of phenols is 1. The van der Waals surface area contributed by atoms with E-state index in [4.69, 9.17) is 28.9 Å². The van der Waals surface area contributed by atoms with E-state index in [-0.39, 0.29) is 10.8 Å². The van der Waals surface area contributed by atoms with Crippen molar-refractivity contribution < 1.29 is 5.11 Å². The fourth-order valence-electron chi connectivity index (χ4n) is 2.30. The summed E-state index contributed by atoms with van der Waals surface area (Å²) in [5, 5.41) is 14.1. The lowest BCUT2D eigenvalue weighted by Crippen LogP contribution is -2.04. The van der Waals surface area contributed by atoms with E-state index in [1.807, 2.05) is 18.2 Å². The van der Waals surface area contributed by atoms with Crippen molar-refractivity contribution in [1.29, 1.82) is 0 Å². The van der Waals surface area contributed by atoms with Crippen LogP contribution in [0.25, 0.3) is 0 Å². The molecule has 0 aliphatic heterocycles. The lowest BCUT2D eigenvalue weighted by molar-refractivity contribution is 0.469. The molecule has 0 radical (unpaired) electrons. The van der Waals surface area contributed by atoms with E-state index in [9.17, 15) is 5.11 Å². The third-order valence-electron chi connectivity index (χ3n) is 3.51. The van der Waals surface area contributed by atoms with E-state index in [1.165, 1.54) is 11.6 Å². The van der Waals surface area contributed by atoms with E-state index in [2.05, 4.69) is 12.2 Å². The molecule has 118 valence electrons. The first-order chi connectivity index (χ1) is 10.5. The third kappa shape index (κ3) is 4.21. The SMILES string of the molecule is CCCCc1cc(N)ccc1NCc1cc(Cl)cc(Cl)c1O. The fraction of sp³-hybridized carbons (Fsp3) is 0.294. The molecule has 3 nitrogen and oxygen atoms in total. The van der Waals surface area contributed by atoms with Crippen molar-refractivity contribution in [2.24, 2.45) is 0 Å². The number of phenolic OH excluding ortho intramolecular Hbond substituents is 1. The van der Waals surface area contributed by atoms with E-state index < -0.39 is 0 Å². The first kappa shape index (κ1) is 16.8. The molecule has 0 amide bonds. The van der Waals surface area contributed by atoms with Crippen LogP contribution < -0.4 is 11.1 Å². The van der Waals surface area contributed by atoms with Gasteiger partial charge in [-0.25, -0.2) is 0 Å². The third-order valence-corrected chi connectivity index (χ3v) is 4.01. The first-order valence-electron chi connectivity index (χ1n) is 7.30. The summed E-state index contributed by atoms with van der Waals surface area (Å²) < 4.78 is 0. The number of halogens is 2. The smallest absolute Gasteiger partial charge is 0.139 e. The van der Waals surface area contributed by atoms with Crippen LogP contribution in [0, 0.1) is 0 Å². The van der Waals surface area contributed by atoms with Crippen LogP contribution in [0.4, 0.5) is 11.4 Å².